The molecule has 0 bridgehead atoms. The number of hydrogen-bond acceptors (Lipinski definition) is 3. The first kappa shape index (κ1) is 17.5. The molecule has 1 fully saturated rings. The molecule has 0 saturated carbocycles. The predicted molar refractivity (Wildman–Crippen MR) is 89.8 cm³/mol. The van der Waals surface area contributed by atoms with Gasteiger partial charge in [-0.15, -0.1) is 0 Å². The minimum Gasteiger partial charge on any atom is -0.336 e. The van der Waals surface area contributed by atoms with Crippen molar-refractivity contribution in [2.75, 3.05) is 19.6 Å². The summed E-state index contributed by atoms with van der Waals surface area (Å²) < 4.78 is 29.7. The van der Waals surface area contributed by atoms with Crippen molar-refractivity contribution in [2.45, 2.75) is 31.8 Å². The molecule has 0 unspecified atom stereocenters. The summed E-state index contributed by atoms with van der Waals surface area (Å²) in [7, 11) is 0. The maximum Gasteiger partial charge on any atom is 0.250 e. The van der Waals surface area contributed by atoms with Gasteiger partial charge in [0, 0.05) is 24.5 Å². The second-order valence-corrected chi connectivity index (χ2v) is 6.25. The molecule has 1 amide bonds. The van der Waals surface area contributed by atoms with Crippen molar-refractivity contribution in [1.29, 1.82) is 0 Å². The zero-order valence-corrected chi connectivity index (χ0v) is 14.2. The van der Waals surface area contributed by atoms with Crippen molar-refractivity contribution >= 4 is 5.91 Å². The number of piperidine rings is 1. The highest BCUT2D eigenvalue weighted by atomic mass is 19.1. The number of carbonyl (C=O) groups is 1. The van der Waals surface area contributed by atoms with Crippen LogP contribution in [0.2, 0.25) is 0 Å². The predicted octanol–water partition coefficient (Wildman–Crippen LogP) is 2.29. The third kappa shape index (κ3) is 3.28. The molecule has 0 radical (unpaired) electrons. The molecule has 3 rings (SSSR count). The van der Waals surface area contributed by atoms with Crippen LogP contribution in [0.15, 0.2) is 36.7 Å². The van der Waals surface area contributed by atoms with Gasteiger partial charge >= 0.3 is 0 Å². The Kier molecular flexibility index (Phi) is 5.13. The number of aromatic nitrogens is 2. The van der Waals surface area contributed by atoms with Gasteiger partial charge in [-0.05, 0) is 51.1 Å². The van der Waals surface area contributed by atoms with E-state index in [2.05, 4.69) is 10.4 Å². The van der Waals surface area contributed by atoms with Crippen molar-refractivity contribution in [3.63, 3.8) is 0 Å². The van der Waals surface area contributed by atoms with Crippen LogP contribution in [-0.4, -0.2) is 40.2 Å². The van der Waals surface area contributed by atoms with Gasteiger partial charge in [-0.3, -0.25) is 9.48 Å². The average Bonchev–Trinajstić information content (AvgIpc) is 3.17. The summed E-state index contributed by atoms with van der Waals surface area (Å²) in [4.78, 5) is 14.9. The molecule has 1 N–H and O–H groups in total. The smallest absolute Gasteiger partial charge is 0.250 e. The van der Waals surface area contributed by atoms with Crippen LogP contribution in [0, 0.1) is 11.6 Å². The summed E-state index contributed by atoms with van der Waals surface area (Å²) >= 11 is 0. The fourth-order valence-corrected chi connectivity index (χ4v) is 3.40. The molecule has 7 heteroatoms. The van der Waals surface area contributed by atoms with E-state index in [1.54, 1.807) is 23.1 Å². The van der Waals surface area contributed by atoms with Crippen molar-refractivity contribution in [1.82, 2.24) is 20.0 Å². The Morgan fingerprint density at radius 2 is 1.96 bits per heavy atom. The Hall–Kier alpha value is -2.28. The third-order valence-electron chi connectivity index (χ3n) is 4.85. The Balaban J connectivity index is 1.92. The Labute approximate surface area is 145 Å². The summed E-state index contributed by atoms with van der Waals surface area (Å²) in [5, 5.41) is 7.53. The molecule has 2 aromatic rings. The molecule has 5 nitrogen and oxygen atoms in total. The summed E-state index contributed by atoms with van der Waals surface area (Å²) in [6, 6.07) is 5.53. The minimum atomic E-state index is -0.813. The fourth-order valence-electron chi connectivity index (χ4n) is 3.40. The van der Waals surface area contributed by atoms with Crippen LogP contribution in [0.1, 0.15) is 25.3 Å². The Bertz CT molecular complexity index is 706. The highest BCUT2D eigenvalue weighted by Crippen LogP contribution is 2.30. The van der Waals surface area contributed by atoms with Crippen LogP contribution < -0.4 is 5.32 Å². The number of halogens is 2. The van der Waals surface area contributed by atoms with Gasteiger partial charge in [-0.25, -0.2) is 8.78 Å². The minimum absolute atomic E-state index is 0.0813. The SMILES string of the molecule is CCN(Cc1c(F)cccc1F)C(=O)C1(n2cccn2)CCNCC1. The standard InChI is InChI=1S/C18H22F2N4O/c1-2-23(13-14-15(19)5-3-6-16(14)20)17(25)18(7-10-21-11-8-18)24-12-4-9-22-24/h3-6,9,12,21H,2,7-8,10-11,13H2,1H3. The number of benzene rings is 1. The van der Waals surface area contributed by atoms with Crippen LogP contribution in [-0.2, 0) is 16.9 Å². The molecule has 1 aliphatic rings. The van der Waals surface area contributed by atoms with E-state index in [0.717, 1.165) is 0 Å². The van der Waals surface area contributed by atoms with E-state index >= 15 is 0 Å². The molecule has 0 aliphatic carbocycles. The van der Waals surface area contributed by atoms with E-state index in [0.29, 0.717) is 32.5 Å². The quantitative estimate of drug-likeness (QED) is 0.902. The summed E-state index contributed by atoms with van der Waals surface area (Å²) in [6.45, 7) is 3.47. The van der Waals surface area contributed by atoms with Gasteiger partial charge in [0.1, 0.15) is 17.2 Å². The number of rotatable bonds is 5. The topological polar surface area (TPSA) is 50.2 Å². The monoisotopic (exact) mass is 348 g/mol. The van der Waals surface area contributed by atoms with Crippen molar-refractivity contribution < 1.29 is 13.6 Å². The molecule has 1 saturated heterocycles. The highest BCUT2D eigenvalue weighted by molar-refractivity contribution is 5.84. The van der Waals surface area contributed by atoms with Gasteiger partial charge in [-0.1, -0.05) is 6.07 Å². The molecule has 1 aromatic carbocycles. The fraction of sp³-hybridized carbons (Fsp3) is 0.444. The van der Waals surface area contributed by atoms with E-state index in [-0.39, 0.29) is 18.0 Å². The number of hydrogen-bond donors (Lipinski definition) is 1. The van der Waals surface area contributed by atoms with Crippen LogP contribution in [0.25, 0.3) is 0 Å². The highest BCUT2D eigenvalue weighted by Gasteiger charge is 2.44. The molecule has 25 heavy (non-hydrogen) atoms. The normalized spacial score (nSPS) is 16.6. The lowest BCUT2D eigenvalue weighted by atomic mass is 9.86. The summed E-state index contributed by atoms with van der Waals surface area (Å²) in [5.74, 6) is -1.42. The summed E-state index contributed by atoms with van der Waals surface area (Å²) in [5.41, 5.74) is -0.894. The van der Waals surface area contributed by atoms with Crippen molar-refractivity contribution in [2.24, 2.45) is 0 Å². The lowest BCUT2D eigenvalue weighted by Gasteiger charge is -2.40. The third-order valence-corrected chi connectivity index (χ3v) is 4.85. The number of likely N-dealkylation sites (N-methyl/N-ethyl adjacent to an activating group) is 1. The number of nitrogens with zero attached hydrogens (tertiary/aromatic N) is 3. The molecule has 0 spiro atoms. The van der Waals surface area contributed by atoms with Crippen molar-refractivity contribution in [3.05, 3.63) is 53.9 Å². The maximum absolute atomic E-state index is 14.0. The maximum atomic E-state index is 14.0. The van der Waals surface area contributed by atoms with E-state index < -0.39 is 17.2 Å². The molecule has 1 aromatic heterocycles. The lowest BCUT2D eigenvalue weighted by Crippen LogP contribution is -2.55. The van der Waals surface area contributed by atoms with Gasteiger partial charge < -0.3 is 10.2 Å². The summed E-state index contributed by atoms with van der Waals surface area (Å²) in [6.07, 6.45) is 4.60. The lowest BCUT2D eigenvalue weighted by molar-refractivity contribution is -0.143. The Morgan fingerprint density at radius 3 is 2.52 bits per heavy atom. The van der Waals surface area contributed by atoms with Crippen LogP contribution in [0.4, 0.5) is 8.78 Å². The van der Waals surface area contributed by atoms with Gasteiger partial charge in [-0.2, -0.15) is 5.10 Å². The van der Waals surface area contributed by atoms with E-state index in [9.17, 15) is 13.6 Å². The molecular formula is C18H22F2N4O. The molecule has 0 atom stereocenters. The molecule has 2 heterocycles. The second kappa shape index (κ2) is 7.31. The van der Waals surface area contributed by atoms with Crippen LogP contribution in [0.3, 0.4) is 0 Å². The van der Waals surface area contributed by atoms with Gasteiger partial charge in [0.05, 0.1) is 6.54 Å². The average molecular weight is 348 g/mol. The van der Waals surface area contributed by atoms with Gasteiger partial charge in [0.2, 0.25) is 0 Å². The van der Waals surface area contributed by atoms with Crippen molar-refractivity contribution in [3.8, 4) is 0 Å². The zero-order valence-electron chi connectivity index (χ0n) is 14.2. The van der Waals surface area contributed by atoms with Crippen LogP contribution >= 0.6 is 0 Å². The van der Waals surface area contributed by atoms with E-state index in [4.69, 9.17) is 0 Å². The van der Waals surface area contributed by atoms with Crippen LogP contribution in [0.5, 0.6) is 0 Å². The first-order valence-electron chi connectivity index (χ1n) is 8.51. The number of carbonyl (C=O) groups excluding carboxylic acids is 1. The first-order valence-corrected chi connectivity index (χ1v) is 8.51. The first-order chi connectivity index (χ1) is 12.1. The van der Waals surface area contributed by atoms with Gasteiger partial charge in [0.15, 0.2) is 0 Å². The molecule has 1 aliphatic heterocycles. The van der Waals surface area contributed by atoms with E-state index in [1.807, 2.05) is 6.92 Å². The zero-order chi connectivity index (χ0) is 17.9. The van der Waals surface area contributed by atoms with E-state index in [1.165, 1.54) is 23.1 Å². The number of amides is 1. The largest absolute Gasteiger partial charge is 0.336 e. The molecule has 134 valence electrons. The second-order valence-electron chi connectivity index (χ2n) is 6.25. The van der Waals surface area contributed by atoms with Gasteiger partial charge in [0.25, 0.3) is 5.91 Å². The Morgan fingerprint density at radius 1 is 1.28 bits per heavy atom. The molecular weight excluding hydrogens is 326 g/mol. The number of nitrogens with one attached hydrogen (secondary N) is 1.